The number of carbonyl (C=O) groups is 2. The summed E-state index contributed by atoms with van der Waals surface area (Å²) in [5.74, 6) is -1.93. The van der Waals surface area contributed by atoms with Crippen LogP contribution in [0.4, 0.5) is 0 Å². The summed E-state index contributed by atoms with van der Waals surface area (Å²) < 4.78 is 0. The van der Waals surface area contributed by atoms with Crippen molar-refractivity contribution in [2.45, 2.75) is 26.4 Å². The van der Waals surface area contributed by atoms with Gasteiger partial charge in [-0.05, 0) is 25.5 Å². The van der Waals surface area contributed by atoms with E-state index in [9.17, 15) is 14.7 Å². The summed E-state index contributed by atoms with van der Waals surface area (Å²) in [6.07, 6.45) is 3.65. The maximum Gasteiger partial charge on any atom is 0.307 e. The third-order valence-corrected chi connectivity index (χ3v) is 4.72. The summed E-state index contributed by atoms with van der Waals surface area (Å²) in [5.41, 5.74) is 2.61. The highest BCUT2D eigenvalue weighted by atomic mass is 16.4. The quantitative estimate of drug-likeness (QED) is 0.710. The van der Waals surface area contributed by atoms with Crippen LogP contribution in [0, 0.1) is 18.8 Å². The van der Waals surface area contributed by atoms with Gasteiger partial charge in [0, 0.05) is 31.5 Å². The van der Waals surface area contributed by atoms with Crippen LogP contribution in [0.3, 0.4) is 0 Å². The summed E-state index contributed by atoms with van der Waals surface area (Å²) in [6.45, 7) is 3.74. The molecule has 2 aromatic heterocycles. The minimum atomic E-state index is -0.865. The number of carboxylic acids is 1. The zero-order valence-electron chi connectivity index (χ0n) is 14.7. The van der Waals surface area contributed by atoms with Gasteiger partial charge in [0.05, 0.1) is 36.1 Å². The van der Waals surface area contributed by atoms with Gasteiger partial charge >= 0.3 is 5.97 Å². The van der Waals surface area contributed by atoms with Crippen LogP contribution in [0.5, 0.6) is 0 Å². The number of pyridine rings is 1. The van der Waals surface area contributed by atoms with Gasteiger partial charge in [0.2, 0.25) is 5.91 Å². The number of rotatable bonds is 6. The average Bonchev–Trinajstić information content (AvgIpc) is 3.05. The molecule has 0 aromatic carbocycles. The fourth-order valence-corrected chi connectivity index (χ4v) is 3.27. The second-order valence-corrected chi connectivity index (χ2v) is 6.67. The van der Waals surface area contributed by atoms with Crippen molar-refractivity contribution in [3.63, 3.8) is 0 Å². The Hall–Kier alpha value is -2.74. The molecule has 2 atom stereocenters. The van der Waals surface area contributed by atoms with E-state index >= 15 is 0 Å². The molecule has 8 heteroatoms. The van der Waals surface area contributed by atoms with Gasteiger partial charge in [-0.15, -0.1) is 0 Å². The lowest BCUT2D eigenvalue weighted by atomic mass is 9.88. The molecule has 0 spiro atoms. The van der Waals surface area contributed by atoms with Gasteiger partial charge in [-0.2, -0.15) is 0 Å². The predicted molar refractivity (Wildman–Crippen MR) is 93.9 cm³/mol. The fraction of sp³-hybridized carbons (Fsp3) is 0.444. The summed E-state index contributed by atoms with van der Waals surface area (Å²) in [5, 5.41) is 12.3. The molecule has 0 bridgehead atoms. The molecule has 138 valence electrons. The molecule has 1 fully saturated rings. The zero-order valence-corrected chi connectivity index (χ0v) is 14.7. The Bertz CT molecular complexity index is 761. The van der Waals surface area contributed by atoms with Crippen molar-refractivity contribution in [1.82, 2.24) is 25.2 Å². The number of H-pyrrole nitrogens is 1. The molecule has 8 nitrogen and oxygen atoms in total. The average molecular weight is 357 g/mol. The Balaban J connectivity index is 1.64. The maximum atomic E-state index is 12.6. The van der Waals surface area contributed by atoms with Crippen molar-refractivity contribution in [3.8, 4) is 0 Å². The molecule has 2 aromatic rings. The van der Waals surface area contributed by atoms with Crippen LogP contribution in [-0.4, -0.2) is 49.9 Å². The van der Waals surface area contributed by atoms with E-state index in [0.717, 1.165) is 17.1 Å². The summed E-state index contributed by atoms with van der Waals surface area (Å²) in [4.78, 5) is 37.6. The lowest BCUT2D eigenvalue weighted by molar-refractivity contribution is -0.145. The number of hydrogen-bond donors (Lipinski definition) is 3. The first-order valence-electron chi connectivity index (χ1n) is 8.64. The number of carbonyl (C=O) groups excluding carboxylic acids is 1. The number of aromatic nitrogens is 3. The van der Waals surface area contributed by atoms with Crippen molar-refractivity contribution in [2.24, 2.45) is 11.8 Å². The molecule has 1 aliphatic heterocycles. The minimum Gasteiger partial charge on any atom is -0.481 e. The zero-order chi connectivity index (χ0) is 18.5. The normalized spacial score (nSPS) is 20.7. The second kappa shape index (κ2) is 8.09. The topological polar surface area (TPSA) is 111 Å². The largest absolute Gasteiger partial charge is 0.481 e. The fourth-order valence-electron chi connectivity index (χ4n) is 3.27. The van der Waals surface area contributed by atoms with Crippen molar-refractivity contribution in [1.29, 1.82) is 0 Å². The highest BCUT2D eigenvalue weighted by Crippen LogP contribution is 2.24. The number of piperidine rings is 1. The predicted octanol–water partition coefficient (Wildman–Crippen LogP) is 0.952. The first kappa shape index (κ1) is 18.1. The lowest BCUT2D eigenvalue weighted by Gasteiger charge is -2.35. The molecule has 1 amide bonds. The van der Waals surface area contributed by atoms with Crippen molar-refractivity contribution in [3.05, 3.63) is 47.8 Å². The number of hydrogen-bond acceptors (Lipinski definition) is 5. The summed E-state index contributed by atoms with van der Waals surface area (Å²) >= 11 is 0. The third kappa shape index (κ3) is 4.45. The Morgan fingerprint density at radius 2 is 2.12 bits per heavy atom. The number of aliphatic carboxylic acids is 1. The lowest BCUT2D eigenvalue weighted by Crippen LogP contribution is -2.47. The molecular weight excluding hydrogens is 334 g/mol. The number of amides is 1. The molecule has 0 saturated carbocycles. The molecule has 0 radical (unpaired) electrons. The first-order chi connectivity index (χ1) is 12.5. The van der Waals surface area contributed by atoms with E-state index in [0.29, 0.717) is 32.6 Å². The third-order valence-electron chi connectivity index (χ3n) is 4.72. The number of nitrogens with zero attached hydrogens (tertiary/aromatic N) is 3. The molecule has 0 aliphatic carbocycles. The van der Waals surface area contributed by atoms with E-state index in [4.69, 9.17) is 0 Å². The number of likely N-dealkylation sites (tertiary alicyclic amines) is 1. The maximum absolute atomic E-state index is 12.6. The van der Waals surface area contributed by atoms with Crippen molar-refractivity contribution < 1.29 is 14.7 Å². The highest BCUT2D eigenvalue weighted by molar-refractivity contribution is 5.80. The molecule has 0 unspecified atom stereocenters. The van der Waals surface area contributed by atoms with Gasteiger partial charge in [0.15, 0.2) is 0 Å². The second-order valence-electron chi connectivity index (χ2n) is 6.67. The molecular formula is C18H23N5O3. The van der Waals surface area contributed by atoms with Crippen LogP contribution < -0.4 is 5.32 Å². The summed E-state index contributed by atoms with van der Waals surface area (Å²) in [7, 11) is 0. The Labute approximate surface area is 151 Å². The minimum absolute atomic E-state index is 0.134. The molecule has 26 heavy (non-hydrogen) atoms. The van der Waals surface area contributed by atoms with E-state index in [1.807, 2.05) is 30.0 Å². The van der Waals surface area contributed by atoms with E-state index in [1.165, 1.54) is 0 Å². The molecule has 3 N–H and O–H groups in total. The van der Waals surface area contributed by atoms with Crippen LogP contribution in [0.2, 0.25) is 0 Å². The van der Waals surface area contributed by atoms with Crippen molar-refractivity contribution >= 4 is 11.9 Å². The highest BCUT2D eigenvalue weighted by Gasteiger charge is 2.35. The van der Waals surface area contributed by atoms with Crippen LogP contribution >= 0.6 is 0 Å². The molecule has 3 rings (SSSR count). The smallest absolute Gasteiger partial charge is 0.307 e. The number of carboxylic acid groups (broad SMARTS) is 1. The summed E-state index contributed by atoms with van der Waals surface area (Å²) in [6, 6.07) is 5.52. The molecule has 1 saturated heterocycles. The number of aromatic amines is 1. The Morgan fingerprint density at radius 3 is 2.77 bits per heavy atom. The standard InChI is InChI=1S/C18H23N5O3/c1-12-16(22-11-21-12)10-23-8-13(6-14(9-23)18(25)26)17(24)20-7-15-4-2-3-5-19-15/h2-5,11,13-14H,6-10H2,1H3,(H,20,24)(H,21,22)(H,25,26)/t13-,14+/m1/s1. The Morgan fingerprint density at radius 1 is 1.31 bits per heavy atom. The molecule has 3 heterocycles. The van der Waals surface area contributed by atoms with E-state index < -0.39 is 11.9 Å². The van der Waals surface area contributed by atoms with Gasteiger partial charge in [-0.1, -0.05) is 6.07 Å². The van der Waals surface area contributed by atoms with E-state index in [-0.39, 0.29) is 11.8 Å². The SMILES string of the molecule is Cc1[nH]cnc1CN1C[C@@H](C(=O)O)C[C@@H](C(=O)NCc2ccccn2)C1. The van der Waals surface area contributed by atoms with Crippen LogP contribution in [0.1, 0.15) is 23.5 Å². The number of nitrogens with one attached hydrogen (secondary N) is 2. The van der Waals surface area contributed by atoms with Gasteiger partial charge < -0.3 is 15.4 Å². The van der Waals surface area contributed by atoms with Crippen LogP contribution in [0.25, 0.3) is 0 Å². The number of imidazole rings is 1. The van der Waals surface area contributed by atoms with Gasteiger partial charge in [0.1, 0.15) is 0 Å². The van der Waals surface area contributed by atoms with Crippen LogP contribution in [0.15, 0.2) is 30.7 Å². The first-order valence-corrected chi connectivity index (χ1v) is 8.64. The van der Waals surface area contributed by atoms with Crippen molar-refractivity contribution in [2.75, 3.05) is 13.1 Å². The van der Waals surface area contributed by atoms with Gasteiger partial charge in [-0.25, -0.2) is 4.98 Å². The van der Waals surface area contributed by atoms with Gasteiger partial charge in [-0.3, -0.25) is 19.5 Å². The number of aryl methyl sites for hydroxylation is 1. The molecule has 1 aliphatic rings. The van der Waals surface area contributed by atoms with Crippen LogP contribution in [-0.2, 0) is 22.7 Å². The van der Waals surface area contributed by atoms with E-state index in [1.54, 1.807) is 12.5 Å². The Kier molecular flexibility index (Phi) is 5.62. The van der Waals surface area contributed by atoms with Gasteiger partial charge in [0.25, 0.3) is 0 Å². The monoisotopic (exact) mass is 357 g/mol. The van der Waals surface area contributed by atoms with E-state index in [2.05, 4.69) is 20.3 Å².